The highest BCUT2D eigenvalue weighted by Crippen LogP contribution is 2.27. The summed E-state index contributed by atoms with van der Waals surface area (Å²) in [6.07, 6.45) is 1.77. The largest absolute Gasteiger partial charge is 0.492 e. The van der Waals surface area contributed by atoms with Crippen molar-refractivity contribution in [2.45, 2.75) is 31.4 Å². The predicted octanol–water partition coefficient (Wildman–Crippen LogP) is 2.54. The zero-order valence-electron chi connectivity index (χ0n) is 14.5. The predicted molar refractivity (Wildman–Crippen MR) is 98.4 cm³/mol. The Kier molecular flexibility index (Phi) is 7.21. The molecule has 1 heterocycles. The van der Waals surface area contributed by atoms with Crippen LogP contribution in [0.15, 0.2) is 24.3 Å². The summed E-state index contributed by atoms with van der Waals surface area (Å²) >= 11 is 1.93. The second-order valence-electron chi connectivity index (χ2n) is 6.66. The normalized spacial score (nSPS) is 18.8. The monoisotopic (exact) mass is 338 g/mol. The summed E-state index contributed by atoms with van der Waals surface area (Å²) in [5.41, 5.74) is 0.688. The number of hydrogen-bond donors (Lipinski definition) is 2. The molecule has 23 heavy (non-hydrogen) atoms. The topological polar surface area (TPSA) is 44.7 Å². The molecule has 1 aliphatic rings. The van der Waals surface area contributed by atoms with Gasteiger partial charge in [-0.1, -0.05) is 12.1 Å². The molecule has 5 heteroatoms. The van der Waals surface area contributed by atoms with Gasteiger partial charge in [-0.15, -0.1) is 0 Å². The lowest BCUT2D eigenvalue weighted by Crippen LogP contribution is -2.44. The molecule has 1 aromatic rings. The number of likely N-dealkylation sites (N-methyl/N-ethyl adjacent to an activating group) is 1. The molecule has 0 radical (unpaired) electrons. The van der Waals surface area contributed by atoms with Crippen molar-refractivity contribution in [1.82, 2.24) is 10.2 Å². The Morgan fingerprint density at radius 1 is 1.26 bits per heavy atom. The van der Waals surface area contributed by atoms with E-state index in [-0.39, 0.29) is 6.04 Å². The first-order chi connectivity index (χ1) is 11.0. The van der Waals surface area contributed by atoms with E-state index in [0.29, 0.717) is 13.2 Å². The average Bonchev–Trinajstić information content (AvgIpc) is 2.54. The Morgan fingerprint density at radius 2 is 1.91 bits per heavy atom. The molecule has 0 aromatic heterocycles. The van der Waals surface area contributed by atoms with Crippen molar-refractivity contribution in [1.29, 1.82) is 0 Å². The fraction of sp³-hybridized carbons (Fsp3) is 0.667. The number of benzene rings is 1. The molecule has 1 atom stereocenters. The van der Waals surface area contributed by atoms with Crippen LogP contribution in [0.5, 0.6) is 5.75 Å². The lowest BCUT2D eigenvalue weighted by Gasteiger charge is -2.33. The molecule has 1 unspecified atom stereocenters. The van der Waals surface area contributed by atoms with Crippen LogP contribution < -0.4 is 10.1 Å². The van der Waals surface area contributed by atoms with Gasteiger partial charge in [0.2, 0.25) is 0 Å². The van der Waals surface area contributed by atoms with Gasteiger partial charge in [0.1, 0.15) is 12.4 Å². The van der Waals surface area contributed by atoms with Crippen molar-refractivity contribution in [3.8, 4) is 5.75 Å². The summed E-state index contributed by atoms with van der Waals surface area (Å²) in [4.78, 5) is 2.11. The summed E-state index contributed by atoms with van der Waals surface area (Å²) in [5, 5.41) is 14.0. The number of aliphatic hydroxyl groups is 1. The number of hydrogen-bond acceptors (Lipinski definition) is 5. The smallest absolute Gasteiger partial charge is 0.119 e. The van der Waals surface area contributed by atoms with E-state index in [4.69, 9.17) is 4.74 Å². The van der Waals surface area contributed by atoms with Gasteiger partial charge in [0.05, 0.1) is 5.60 Å². The van der Waals surface area contributed by atoms with Crippen molar-refractivity contribution in [3.63, 3.8) is 0 Å². The molecule has 1 fully saturated rings. The lowest BCUT2D eigenvalue weighted by molar-refractivity contribution is 0.0300. The maximum atomic E-state index is 10.6. The van der Waals surface area contributed by atoms with Crippen LogP contribution >= 0.6 is 11.8 Å². The van der Waals surface area contributed by atoms with Crippen molar-refractivity contribution in [3.05, 3.63) is 29.8 Å². The molecule has 4 nitrogen and oxygen atoms in total. The van der Waals surface area contributed by atoms with Crippen LogP contribution in [0.1, 0.15) is 31.4 Å². The molecule has 0 bridgehead atoms. The number of nitrogens with zero attached hydrogens (tertiary/aromatic N) is 1. The average molecular weight is 339 g/mol. The molecule has 1 aromatic carbocycles. The van der Waals surface area contributed by atoms with E-state index < -0.39 is 5.60 Å². The maximum absolute atomic E-state index is 10.6. The fourth-order valence-electron chi connectivity index (χ4n) is 2.59. The van der Waals surface area contributed by atoms with Crippen molar-refractivity contribution in [2.24, 2.45) is 0 Å². The second kappa shape index (κ2) is 8.92. The van der Waals surface area contributed by atoms with E-state index in [9.17, 15) is 5.11 Å². The highest BCUT2D eigenvalue weighted by molar-refractivity contribution is 7.99. The first-order valence-corrected chi connectivity index (χ1v) is 9.55. The number of thioether (sulfide) groups is 1. The molecular weight excluding hydrogens is 308 g/mol. The highest BCUT2D eigenvalue weighted by Gasteiger charge is 2.29. The molecule has 0 amide bonds. The third-order valence-electron chi connectivity index (χ3n) is 4.35. The molecule has 130 valence electrons. The number of nitrogens with one attached hydrogen (secondary N) is 1. The number of ether oxygens (including phenoxy) is 1. The van der Waals surface area contributed by atoms with Gasteiger partial charge in [-0.3, -0.25) is 0 Å². The second-order valence-corrected chi connectivity index (χ2v) is 7.88. The van der Waals surface area contributed by atoms with E-state index >= 15 is 0 Å². The zero-order chi connectivity index (χ0) is 16.7. The molecular formula is C18H30N2O2S. The fourth-order valence-corrected chi connectivity index (χ4v) is 3.84. The maximum Gasteiger partial charge on any atom is 0.119 e. The minimum atomic E-state index is -0.533. The minimum Gasteiger partial charge on any atom is -0.492 e. The van der Waals surface area contributed by atoms with Gasteiger partial charge in [-0.05, 0) is 63.1 Å². The van der Waals surface area contributed by atoms with Crippen LogP contribution in [0, 0.1) is 0 Å². The van der Waals surface area contributed by atoms with Crippen LogP contribution in [0.4, 0.5) is 0 Å². The zero-order valence-corrected chi connectivity index (χ0v) is 15.4. The SMILES string of the molecule is CC(NCC1(O)CCSCC1)c1ccc(OCCN(C)C)cc1. The van der Waals surface area contributed by atoms with Gasteiger partial charge in [0.15, 0.2) is 0 Å². The molecule has 1 saturated heterocycles. The van der Waals surface area contributed by atoms with Crippen LogP contribution in [-0.2, 0) is 0 Å². The first-order valence-electron chi connectivity index (χ1n) is 8.39. The summed E-state index contributed by atoms with van der Waals surface area (Å²) in [6, 6.07) is 8.47. The van der Waals surface area contributed by atoms with Gasteiger partial charge < -0.3 is 20.1 Å². The Labute approximate surface area is 144 Å². The quantitative estimate of drug-likeness (QED) is 0.763. The molecule has 0 aliphatic carbocycles. The number of rotatable bonds is 8. The van der Waals surface area contributed by atoms with Crippen molar-refractivity contribution in [2.75, 3.05) is 45.3 Å². The van der Waals surface area contributed by atoms with E-state index in [2.05, 4.69) is 29.3 Å². The Morgan fingerprint density at radius 3 is 2.52 bits per heavy atom. The van der Waals surface area contributed by atoms with E-state index in [1.807, 2.05) is 38.0 Å². The summed E-state index contributed by atoms with van der Waals surface area (Å²) in [6.45, 7) is 4.42. The third-order valence-corrected chi connectivity index (χ3v) is 5.33. The Bertz CT molecular complexity index is 459. The standard InChI is InChI=1S/C18H30N2O2S/c1-15(19-14-18(21)8-12-23-13-9-18)16-4-6-17(7-5-16)22-11-10-20(2)3/h4-7,15,19,21H,8-14H2,1-3H3. The van der Waals surface area contributed by atoms with Gasteiger partial charge >= 0.3 is 0 Å². The van der Waals surface area contributed by atoms with Gasteiger partial charge in [0.25, 0.3) is 0 Å². The molecule has 2 rings (SSSR count). The van der Waals surface area contributed by atoms with Crippen LogP contribution in [0.3, 0.4) is 0 Å². The Balaban J connectivity index is 1.79. The van der Waals surface area contributed by atoms with Gasteiger partial charge in [-0.2, -0.15) is 11.8 Å². The first kappa shape index (κ1) is 18.6. The Hall–Kier alpha value is -0.750. The van der Waals surface area contributed by atoms with Crippen LogP contribution in [0.2, 0.25) is 0 Å². The van der Waals surface area contributed by atoms with Gasteiger partial charge in [0, 0.05) is 19.1 Å². The van der Waals surface area contributed by atoms with E-state index in [0.717, 1.165) is 36.6 Å². The van der Waals surface area contributed by atoms with Crippen LogP contribution in [0.25, 0.3) is 0 Å². The molecule has 0 saturated carbocycles. The summed E-state index contributed by atoms with van der Waals surface area (Å²) < 4.78 is 5.72. The van der Waals surface area contributed by atoms with Crippen molar-refractivity contribution < 1.29 is 9.84 Å². The van der Waals surface area contributed by atoms with E-state index in [1.165, 1.54) is 5.56 Å². The van der Waals surface area contributed by atoms with E-state index in [1.54, 1.807) is 0 Å². The summed E-state index contributed by atoms with van der Waals surface area (Å²) in [7, 11) is 4.08. The third kappa shape index (κ3) is 6.34. The lowest BCUT2D eigenvalue weighted by atomic mass is 9.96. The minimum absolute atomic E-state index is 0.226. The molecule has 2 N–H and O–H groups in total. The molecule has 1 aliphatic heterocycles. The van der Waals surface area contributed by atoms with Crippen LogP contribution in [-0.4, -0.2) is 60.9 Å². The highest BCUT2D eigenvalue weighted by atomic mass is 32.2. The van der Waals surface area contributed by atoms with Gasteiger partial charge in [-0.25, -0.2) is 0 Å². The summed E-state index contributed by atoms with van der Waals surface area (Å²) in [5.74, 6) is 3.03. The molecule has 0 spiro atoms. The van der Waals surface area contributed by atoms with Crippen molar-refractivity contribution >= 4 is 11.8 Å².